The zero-order valence-corrected chi connectivity index (χ0v) is 15.1. The number of hydrogen-bond donors (Lipinski definition) is 3. The fourth-order valence-corrected chi connectivity index (χ4v) is 2.50. The van der Waals surface area contributed by atoms with Crippen LogP contribution in [0.2, 0.25) is 0 Å². The molecule has 0 radical (unpaired) electrons. The lowest BCUT2D eigenvalue weighted by Gasteiger charge is -2.14. The van der Waals surface area contributed by atoms with Crippen molar-refractivity contribution in [3.63, 3.8) is 0 Å². The Bertz CT molecular complexity index is 673. The van der Waals surface area contributed by atoms with Crippen LogP contribution in [0.4, 0.5) is 0 Å². The van der Waals surface area contributed by atoms with Gasteiger partial charge in [-0.3, -0.25) is 9.78 Å². The number of β-amino-alcohol motifs (C(OH)–C–C–N with tert-alkyl or cyclic N) is 1. The van der Waals surface area contributed by atoms with Crippen LogP contribution in [0, 0.1) is 5.92 Å². The average molecular weight is 386 g/mol. The van der Waals surface area contributed by atoms with Crippen LogP contribution in [0.25, 0.3) is 0 Å². The fraction of sp³-hybridized carbons (Fsp3) is 0.294. The molecule has 0 aliphatic carbocycles. The van der Waals surface area contributed by atoms with Crippen LogP contribution in [0.1, 0.15) is 10.4 Å². The molecule has 1 aromatic carbocycles. The van der Waals surface area contributed by atoms with Gasteiger partial charge in [0.2, 0.25) is 0 Å². The van der Waals surface area contributed by atoms with E-state index in [1.807, 2.05) is 0 Å². The minimum Gasteiger partial charge on any atom is -0.457 e. The van der Waals surface area contributed by atoms with Crippen LogP contribution < -0.4 is 15.4 Å². The monoisotopic (exact) mass is 385 g/mol. The Balaban J connectivity index is 0.00000156. The highest BCUT2D eigenvalue weighted by Gasteiger charge is 2.25. The Morgan fingerprint density at radius 1 is 1.20 bits per heavy atom. The molecule has 0 saturated carbocycles. The van der Waals surface area contributed by atoms with Crippen LogP contribution >= 0.6 is 24.8 Å². The van der Waals surface area contributed by atoms with Gasteiger partial charge in [-0.25, -0.2) is 0 Å². The number of halogens is 2. The number of hydrogen-bond acceptors (Lipinski definition) is 5. The molecule has 2 heterocycles. The molecule has 1 aliphatic rings. The van der Waals surface area contributed by atoms with Crippen LogP contribution in [0.3, 0.4) is 0 Å². The number of aliphatic hydroxyl groups is 1. The van der Waals surface area contributed by atoms with Gasteiger partial charge in [0, 0.05) is 43.5 Å². The second-order valence-electron chi connectivity index (χ2n) is 5.51. The number of nitrogens with zero attached hydrogens (tertiary/aromatic N) is 1. The summed E-state index contributed by atoms with van der Waals surface area (Å²) in [4.78, 5) is 16.2. The Kier molecular flexibility index (Phi) is 8.65. The van der Waals surface area contributed by atoms with Crippen LogP contribution in [0.15, 0.2) is 48.8 Å². The van der Waals surface area contributed by atoms with Gasteiger partial charge >= 0.3 is 0 Å². The number of aliphatic hydroxyl groups excluding tert-OH is 1. The van der Waals surface area contributed by atoms with E-state index in [0.717, 1.165) is 0 Å². The number of aromatic nitrogens is 1. The zero-order valence-electron chi connectivity index (χ0n) is 13.4. The summed E-state index contributed by atoms with van der Waals surface area (Å²) < 4.78 is 5.69. The second kappa shape index (κ2) is 10.2. The third-order valence-electron chi connectivity index (χ3n) is 3.81. The number of pyridine rings is 1. The third kappa shape index (κ3) is 5.86. The van der Waals surface area contributed by atoms with E-state index < -0.39 is 6.10 Å². The van der Waals surface area contributed by atoms with Crippen molar-refractivity contribution in [1.29, 1.82) is 0 Å². The normalized spacial score (nSPS) is 18.6. The first-order chi connectivity index (χ1) is 11.2. The Labute approximate surface area is 158 Å². The van der Waals surface area contributed by atoms with Gasteiger partial charge in [-0.15, -0.1) is 24.8 Å². The molecule has 1 amide bonds. The van der Waals surface area contributed by atoms with E-state index in [1.165, 1.54) is 0 Å². The largest absolute Gasteiger partial charge is 0.457 e. The molecule has 136 valence electrons. The van der Waals surface area contributed by atoms with Crippen molar-refractivity contribution in [2.75, 3.05) is 19.6 Å². The molecule has 1 fully saturated rings. The Morgan fingerprint density at radius 3 is 2.64 bits per heavy atom. The maximum Gasteiger partial charge on any atom is 0.251 e. The van der Waals surface area contributed by atoms with E-state index in [1.54, 1.807) is 48.8 Å². The Hall–Kier alpha value is -1.86. The summed E-state index contributed by atoms with van der Waals surface area (Å²) in [7, 11) is 0. The van der Waals surface area contributed by atoms with Crippen LogP contribution in [-0.2, 0) is 0 Å². The predicted molar refractivity (Wildman–Crippen MR) is 99.9 cm³/mol. The lowest BCUT2D eigenvalue weighted by atomic mass is 10.1. The van der Waals surface area contributed by atoms with Crippen molar-refractivity contribution in [2.45, 2.75) is 6.10 Å². The SMILES string of the molecule is Cl.Cl.O=C(NCC1CNCC1O)c1cccc(Oc2ccncc2)c1. The maximum absolute atomic E-state index is 12.2. The van der Waals surface area contributed by atoms with Gasteiger partial charge < -0.3 is 20.5 Å². The Morgan fingerprint density at radius 2 is 1.96 bits per heavy atom. The van der Waals surface area contributed by atoms with Crippen molar-refractivity contribution in [3.05, 3.63) is 54.4 Å². The third-order valence-corrected chi connectivity index (χ3v) is 3.81. The zero-order chi connectivity index (χ0) is 16.1. The summed E-state index contributed by atoms with van der Waals surface area (Å²) in [5, 5.41) is 15.7. The number of carbonyl (C=O) groups is 1. The fourth-order valence-electron chi connectivity index (χ4n) is 2.50. The summed E-state index contributed by atoms with van der Waals surface area (Å²) in [6.07, 6.45) is 2.89. The van der Waals surface area contributed by atoms with Gasteiger partial charge in [0.15, 0.2) is 0 Å². The van der Waals surface area contributed by atoms with Crippen molar-refractivity contribution < 1.29 is 14.6 Å². The molecule has 3 N–H and O–H groups in total. The molecule has 1 aromatic heterocycles. The quantitative estimate of drug-likeness (QED) is 0.733. The van der Waals surface area contributed by atoms with E-state index in [-0.39, 0.29) is 36.6 Å². The van der Waals surface area contributed by atoms with Gasteiger partial charge in [0.25, 0.3) is 5.91 Å². The van der Waals surface area contributed by atoms with E-state index >= 15 is 0 Å². The highest BCUT2D eigenvalue weighted by molar-refractivity contribution is 5.94. The molecule has 8 heteroatoms. The summed E-state index contributed by atoms with van der Waals surface area (Å²) >= 11 is 0. The molecule has 25 heavy (non-hydrogen) atoms. The maximum atomic E-state index is 12.2. The molecular weight excluding hydrogens is 365 g/mol. The number of nitrogens with one attached hydrogen (secondary N) is 2. The lowest BCUT2D eigenvalue weighted by Crippen LogP contribution is -2.34. The summed E-state index contributed by atoms with van der Waals surface area (Å²) in [5.74, 6) is 1.13. The molecule has 2 atom stereocenters. The minimum absolute atomic E-state index is 0. The van der Waals surface area contributed by atoms with Gasteiger partial charge in [0.1, 0.15) is 11.5 Å². The molecule has 0 spiro atoms. The standard InChI is InChI=1S/C17H19N3O3.2ClH/c21-16-11-19-9-13(16)10-20-17(22)12-2-1-3-15(8-12)23-14-4-6-18-7-5-14;;/h1-8,13,16,19,21H,9-11H2,(H,20,22);2*1H. The van der Waals surface area contributed by atoms with E-state index in [9.17, 15) is 9.90 Å². The van der Waals surface area contributed by atoms with Crippen molar-refractivity contribution in [3.8, 4) is 11.5 Å². The van der Waals surface area contributed by atoms with Gasteiger partial charge in [0.05, 0.1) is 6.10 Å². The highest BCUT2D eigenvalue weighted by atomic mass is 35.5. The van der Waals surface area contributed by atoms with Crippen molar-refractivity contribution in [1.82, 2.24) is 15.6 Å². The number of ether oxygens (including phenoxy) is 1. The van der Waals surface area contributed by atoms with Gasteiger partial charge in [-0.05, 0) is 30.3 Å². The topological polar surface area (TPSA) is 83.5 Å². The molecule has 3 rings (SSSR count). The number of carbonyl (C=O) groups excluding carboxylic acids is 1. The molecule has 1 saturated heterocycles. The molecular formula is C17H21Cl2N3O3. The summed E-state index contributed by atoms with van der Waals surface area (Å²) in [6.45, 7) is 1.74. The first-order valence-electron chi connectivity index (χ1n) is 7.57. The molecule has 2 aromatic rings. The summed E-state index contributed by atoms with van der Waals surface area (Å²) in [5.41, 5.74) is 0.525. The lowest BCUT2D eigenvalue weighted by molar-refractivity contribution is 0.0926. The number of amides is 1. The smallest absolute Gasteiger partial charge is 0.251 e. The van der Waals surface area contributed by atoms with E-state index in [4.69, 9.17) is 4.74 Å². The van der Waals surface area contributed by atoms with Crippen molar-refractivity contribution in [2.24, 2.45) is 5.92 Å². The molecule has 0 bridgehead atoms. The molecule has 1 aliphatic heterocycles. The first-order valence-corrected chi connectivity index (χ1v) is 7.57. The summed E-state index contributed by atoms with van der Waals surface area (Å²) in [6, 6.07) is 10.5. The molecule has 2 unspecified atom stereocenters. The van der Waals surface area contributed by atoms with E-state index in [2.05, 4.69) is 15.6 Å². The first kappa shape index (κ1) is 21.2. The van der Waals surface area contributed by atoms with Gasteiger partial charge in [-0.2, -0.15) is 0 Å². The van der Waals surface area contributed by atoms with Crippen LogP contribution in [0.5, 0.6) is 11.5 Å². The van der Waals surface area contributed by atoms with Gasteiger partial charge in [-0.1, -0.05) is 6.07 Å². The second-order valence-corrected chi connectivity index (χ2v) is 5.51. The predicted octanol–water partition coefficient (Wildman–Crippen LogP) is 2.03. The molecule has 6 nitrogen and oxygen atoms in total. The minimum atomic E-state index is -0.406. The van der Waals surface area contributed by atoms with Crippen LogP contribution in [-0.4, -0.2) is 41.7 Å². The van der Waals surface area contributed by atoms with E-state index in [0.29, 0.717) is 36.7 Å². The average Bonchev–Trinajstić information content (AvgIpc) is 2.99. The van der Waals surface area contributed by atoms with Crippen molar-refractivity contribution >= 4 is 30.7 Å². The number of rotatable bonds is 5. The number of benzene rings is 1. The highest BCUT2D eigenvalue weighted by Crippen LogP contribution is 2.21.